The number of imidazole rings is 1. The molecular formula is C26H32N10O4. The zero-order chi connectivity index (χ0) is 28.2. The van der Waals surface area contributed by atoms with Crippen molar-refractivity contribution >= 4 is 28.8 Å². The Labute approximate surface area is 230 Å². The van der Waals surface area contributed by atoms with Gasteiger partial charge in [-0.25, -0.2) is 30.4 Å². The number of aliphatic hydroxyl groups excluding tert-OH is 1. The molecule has 0 aliphatic carbocycles. The minimum Gasteiger partial charge on any atom is -0.497 e. The summed E-state index contributed by atoms with van der Waals surface area (Å²) in [5, 5.41) is 18.2. The molecule has 0 bridgehead atoms. The van der Waals surface area contributed by atoms with Crippen molar-refractivity contribution in [2.75, 3.05) is 63.3 Å². The molecule has 4 heterocycles. The monoisotopic (exact) mass is 548 g/mol. The van der Waals surface area contributed by atoms with Crippen molar-refractivity contribution in [1.29, 1.82) is 0 Å². The van der Waals surface area contributed by atoms with Crippen LogP contribution in [0.1, 0.15) is 16.2 Å². The zero-order valence-electron chi connectivity index (χ0n) is 22.6. The van der Waals surface area contributed by atoms with Crippen LogP contribution in [0.4, 0.5) is 11.8 Å². The lowest BCUT2D eigenvalue weighted by molar-refractivity contribution is 0.0705. The van der Waals surface area contributed by atoms with E-state index < -0.39 is 5.91 Å². The lowest BCUT2D eigenvalue weighted by Crippen LogP contribution is -2.47. The molecule has 14 heteroatoms. The number of ether oxygens (including phenoxy) is 1. The second kappa shape index (κ2) is 11.8. The van der Waals surface area contributed by atoms with Crippen molar-refractivity contribution in [3.05, 3.63) is 48.0 Å². The van der Waals surface area contributed by atoms with Crippen LogP contribution < -0.4 is 20.0 Å². The van der Waals surface area contributed by atoms with Crippen LogP contribution >= 0.6 is 0 Å². The number of piperazine rings is 1. The summed E-state index contributed by atoms with van der Waals surface area (Å²) in [5.41, 5.74) is 3.99. The molecule has 210 valence electrons. The Balaban J connectivity index is 1.50. The van der Waals surface area contributed by atoms with Crippen molar-refractivity contribution in [1.82, 2.24) is 39.9 Å². The van der Waals surface area contributed by atoms with Gasteiger partial charge < -0.3 is 24.2 Å². The molecule has 3 aromatic heterocycles. The van der Waals surface area contributed by atoms with Gasteiger partial charge in [0.1, 0.15) is 11.6 Å². The first kappa shape index (κ1) is 27.2. The summed E-state index contributed by atoms with van der Waals surface area (Å²) in [6.07, 6.45) is 2.70. The highest BCUT2D eigenvalue weighted by Gasteiger charge is 2.25. The van der Waals surface area contributed by atoms with Crippen molar-refractivity contribution in [2.45, 2.75) is 6.54 Å². The summed E-state index contributed by atoms with van der Waals surface area (Å²) < 4.78 is 7.26. The van der Waals surface area contributed by atoms with Crippen LogP contribution in [0.15, 0.2) is 36.7 Å². The highest BCUT2D eigenvalue weighted by atomic mass is 16.5. The van der Waals surface area contributed by atoms with E-state index in [4.69, 9.17) is 24.9 Å². The number of aryl methyl sites for hydroxylation is 1. The van der Waals surface area contributed by atoms with Crippen LogP contribution in [0.3, 0.4) is 0 Å². The van der Waals surface area contributed by atoms with Crippen LogP contribution in [-0.4, -0.2) is 104 Å². The highest BCUT2D eigenvalue weighted by molar-refractivity contribution is 5.92. The molecule has 40 heavy (non-hydrogen) atoms. The lowest BCUT2D eigenvalue weighted by Gasteiger charge is -2.35. The number of hydrogen-bond donors (Lipinski definition) is 3. The standard InChI is InChI=1S/C26H32N10O4/c1-33(26-27-14-18(15-28-26)25(38)32-39)16-20-29-21-23(34(20)2)30-22(17-4-6-19(40-3)7-5-17)31-24(21)36-10-8-35(9-11-36)12-13-37/h4-7,14-15,37,39H,8-13,16H2,1-3H3,(H,32,38). The maximum Gasteiger partial charge on any atom is 0.277 e. The maximum absolute atomic E-state index is 11.6. The number of nitrogens with zero attached hydrogens (tertiary/aromatic N) is 9. The number of aromatic nitrogens is 6. The Kier molecular flexibility index (Phi) is 8.00. The number of carbonyl (C=O) groups excluding carboxylic acids is 1. The molecule has 1 amide bonds. The first-order valence-electron chi connectivity index (χ1n) is 12.9. The van der Waals surface area contributed by atoms with Gasteiger partial charge in [0.05, 0.1) is 25.8 Å². The molecule has 4 aromatic rings. The van der Waals surface area contributed by atoms with Gasteiger partial charge in [-0.1, -0.05) is 0 Å². The highest BCUT2D eigenvalue weighted by Crippen LogP contribution is 2.29. The topological polar surface area (TPSA) is 158 Å². The van der Waals surface area contributed by atoms with Gasteiger partial charge in [-0.2, -0.15) is 0 Å². The molecule has 0 radical (unpaired) electrons. The van der Waals surface area contributed by atoms with Gasteiger partial charge in [-0.3, -0.25) is 14.9 Å². The number of hydroxylamine groups is 1. The third-order valence-corrected chi connectivity index (χ3v) is 6.95. The number of fused-ring (bicyclic) bond motifs is 1. The molecule has 1 saturated heterocycles. The minimum absolute atomic E-state index is 0.136. The normalized spacial score (nSPS) is 14.0. The van der Waals surface area contributed by atoms with E-state index in [1.54, 1.807) is 12.6 Å². The van der Waals surface area contributed by atoms with Crippen molar-refractivity contribution in [3.8, 4) is 17.1 Å². The summed E-state index contributed by atoms with van der Waals surface area (Å²) in [6, 6.07) is 7.64. The molecule has 0 spiro atoms. The van der Waals surface area contributed by atoms with Gasteiger partial charge in [0.15, 0.2) is 22.8 Å². The Morgan fingerprint density at radius 3 is 2.40 bits per heavy atom. The Morgan fingerprint density at radius 2 is 1.77 bits per heavy atom. The van der Waals surface area contributed by atoms with E-state index in [-0.39, 0.29) is 12.2 Å². The average Bonchev–Trinajstić information content (AvgIpc) is 3.31. The molecule has 1 aromatic carbocycles. The van der Waals surface area contributed by atoms with E-state index in [0.717, 1.165) is 49.1 Å². The van der Waals surface area contributed by atoms with Gasteiger partial charge in [0.2, 0.25) is 5.95 Å². The number of hydrogen-bond acceptors (Lipinski definition) is 12. The molecule has 1 fully saturated rings. The summed E-state index contributed by atoms with van der Waals surface area (Å²) in [7, 11) is 5.38. The maximum atomic E-state index is 11.6. The van der Waals surface area contributed by atoms with Crippen molar-refractivity contribution in [3.63, 3.8) is 0 Å². The largest absolute Gasteiger partial charge is 0.497 e. The van der Waals surface area contributed by atoms with Gasteiger partial charge in [0, 0.05) is 64.8 Å². The number of amides is 1. The fourth-order valence-corrected chi connectivity index (χ4v) is 4.63. The molecule has 0 saturated carbocycles. The summed E-state index contributed by atoms with van der Waals surface area (Å²) >= 11 is 0. The zero-order valence-corrected chi connectivity index (χ0v) is 22.6. The minimum atomic E-state index is -0.680. The van der Waals surface area contributed by atoms with E-state index in [0.29, 0.717) is 36.0 Å². The predicted molar refractivity (Wildman–Crippen MR) is 147 cm³/mol. The summed E-state index contributed by atoms with van der Waals surface area (Å²) in [5.74, 6) is 2.56. The molecule has 0 atom stereocenters. The molecule has 1 aliphatic heterocycles. The smallest absolute Gasteiger partial charge is 0.277 e. The number of carbonyl (C=O) groups is 1. The first-order chi connectivity index (χ1) is 19.4. The van der Waals surface area contributed by atoms with Crippen LogP contribution in [-0.2, 0) is 13.6 Å². The van der Waals surface area contributed by atoms with E-state index in [1.165, 1.54) is 12.4 Å². The number of aliphatic hydroxyl groups is 1. The number of β-amino-alcohol motifs (C(OH)–C–C–N with tert-alkyl or cyclic N) is 1. The number of nitrogens with one attached hydrogen (secondary N) is 1. The molecule has 5 rings (SSSR count). The Morgan fingerprint density at radius 1 is 1.07 bits per heavy atom. The van der Waals surface area contributed by atoms with Crippen molar-refractivity contribution in [2.24, 2.45) is 7.05 Å². The first-order valence-corrected chi connectivity index (χ1v) is 12.9. The van der Waals surface area contributed by atoms with Crippen LogP contribution in [0.25, 0.3) is 22.6 Å². The number of methoxy groups -OCH3 is 1. The van der Waals surface area contributed by atoms with Gasteiger partial charge in [0.25, 0.3) is 5.91 Å². The molecule has 14 nitrogen and oxygen atoms in total. The van der Waals surface area contributed by atoms with Crippen LogP contribution in [0, 0.1) is 0 Å². The van der Waals surface area contributed by atoms with E-state index in [1.807, 2.05) is 47.8 Å². The SMILES string of the molecule is COc1ccc(-c2nc(N3CCN(CCO)CC3)c3nc(CN(C)c4ncc(C(=O)NO)cn4)n(C)c3n2)cc1. The predicted octanol–water partition coefficient (Wildman–Crippen LogP) is 0.699. The second-order valence-electron chi connectivity index (χ2n) is 9.48. The molecular weight excluding hydrogens is 516 g/mol. The third-order valence-electron chi connectivity index (χ3n) is 6.95. The van der Waals surface area contributed by atoms with E-state index in [2.05, 4.69) is 19.8 Å². The molecule has 0 unspecified atom stereocenters. The molecule has 1 aliphatic rings. The molecule has 3 N–H and O–H groups in total. The average molecular weight is 549 g/mol. The van der Waals surface area contributed by atoms with Gasteiger partial charge in [-0.15, -0.1) is 0 Å². The Bertz CT molecular complexity index is 1470. The fraction of sp³-hybridized carbons (Fsp3) is 0.385. The quantitative estimate of drug-likeness (QED) is 0.199. The number of anilines is 2. The Hall–Kier alpha value is -4.40. The van der Waals surface area contributed by atoms with Gasteiger partial charge in [-0.05, 0) is 24.3 Å². The number of rotatable bonds is 9. The van der Waals surface area contributed by atoms with Gasteiger partial charge >= 0.3 is 0 Å². The van der Waals surface area contributed by atoms with E-state index in [9.17, 15) is 9.90 Å². The summed E-state index contributed by atoms with van der Waals surface area (Å²) in [6.45, 7) is 4.29. The van der Waals surface area contributed by atoms with E-state index >= 15 is 0 Å². The third kappa shape index (κ3) is 5.50. The van der Waals surface area contributed by atoms with Crippen molar-refractivity contribution < 1.29 is 19.8 Å². The summed E-state index contributed by atoms with van der Waals surface area (Å²) in [4.78, 5) is 41.2. The fourth-order valence-electron chi connectivity index (χ4n) is 4.63. The van der Waals surface area contributed by atoms with Crippen LogP contribution in [0.2, 0.25) is 0 Å². The lowest BCUT2D eigenvalue weighted by atomic mass is 10.2. The van der Waals surface area contributed by atoms with Crippen LogP contribution in [0.5, 0.6) is 5.75 Å². The second-order valence-corrected chi connectivity index (χ2v) is 9.48. The number of benzene rings is 1.